The van der Waals surface area contributed by atoms with Crippen LogP contribution in [0, 0.1) is 0 Å². The molecule has 0 aromatic carbocycles. The van der Waals surface area contributed by atoms with Gasteiger partial charge in [-0.2, -0.15) is 0 Å². The smallest absolute Gasteiger partial charge is 0.256 e. The van der Waals surface area contributed by atoms with Gasteiger partial charge in [-0.1, -0.05) is 39.3 Å². The Balaban J connectivity index is 0. The zero-order valence-electron chi connectivity index (χ0n) is 19.3. The van der Waals surface area contributed by atoms with E-state index in [2.05, 4.69) is 18.3 Å². The van der Waals surface area contributed by atoms with Gasteiger partial charge in [0.05, 0.1) is 26.4 Å². The lowest BCUT2D eigenvalue weighted by molar-refractivity contribution is -0.137. The normalized spacial score (nSPS) is 13.3. The number of hydrogen-bond acceptors (Lipinski definition) is 5. The van der Waals surface area contributed by atoms with Crippen molar-refractivity contribution in [2.24, 2.45) is 0 Å². The Labute approximate surface area is 176 Å². The highest BCUT2D eigenvalue weighted by Crippen LogP contribution is 2.11. The number of hydrogen-bond donors (Lipinski definition) is 1. The number of imide groups is 1. The molecule has 1 aliphatic rings. The second-order valence-corrected chi connectivity index (χ2v) is 5.83. The molecule has 0 saturated heterocycles. The highest BCUT2D eigenvalue weighted by Gasteiger charge is 2.28. The number of amides is 3. The zero-order chi connectivity index (χ0) is 22.7. The maximum Gasteiger partial charge on any atom is 0.256 e. The summed E-state index contributed by atoms with van der Waals surface area (Å²) < 4.78 is 10.8. The van der Waals surface area contributed by atoms with Crippen LogP contribution < -0.4 is 5.32 Å². The summed E-state index contributed by atoms with van der Waals surface area (Å²) in [7, 11) is 0. The van der Waals surface area contributed by atoms with Crippen LogP contribution in [0.3, 0.4) is 0 Å². The molecule has 0 aromatic heterocycles. The molecule has 3 amide bonds. The van der Waals surface area contributed by atoms with Crippen LogP contribution in [0.25, 0.3) is 0 Å². The first kappa shape index (κ1) is 29.2. The van der Waals surface area contributed by atoms with Gasteiger partial charge in [-0.15, -0.1) is 0 Å². The molecule has 168 valence electrons. The molecule has 0 saturated carbocycles. The van der Waals surface area contributed by atoms with E-state index in [0.29, 0.717) is 38.5 Å². The van der Waals surface area contributed by atoms with Crippen molar-refractivity contribution >= 4 is 17.7 Å². The molecule has 0 atom stereocenters. The molecule has 0 aromatic rings. The SMILES string of the molecule is C/C=C(/C)CCOCCOCCNC(=O)CCN1C(=O)C=C(C)C1=O.CC.CC. The van der Waals surface area contributed by atoms with Gasteiger partial charge >= 0.3 is 0 Å². The van der Waals surface area contributed by atoms with Gasteiger partial charge in [0.15, 0.2) is 0 Å². The topological polar surface area (TPSA) is 84.9 Å². The number of rotatable bonds is 12. The molecule has 7 heteroatoms. The summed E-state index contributed by atoms with van der Waals surface area (Å²) in [5.41, 5.74) is 1.70. The van der Waals surface area contributed by atoms with Crippen molar-refractivity contribution in [3.05, 3.63) is 23.3 Å². The Hall–Kier alpha value is -1.99. The number of ether oxygens (including phenoxy) is 2. The molecular weight excluding hydrogens is 372 g/mol. The molecule has 0 unspecified atom stereocenters. The van der Waals surface area contributed by atoms with E-state index in [0.717, 1.165) is 11.3 Å². The van der Waals surface area contributed by atoms with Gasteiger partial charge in [-0.25, -0.2) is 0 Å². The van der Waals surface area contributed by atoms with E-state index in [1.807, 2.05) is 34.6 Å². The van der Waals surface area contributed by atoms with Gasteiger partial charge in [0.2, 0.25) is 5.91 Å². The lowest BCUT2D eigenvalue weighted by Gasteiger charge is -2.14. The monoisotopic (exact) mass is 412 g/mol. The quantitative estimate of drug-likeness (QED) is 0.302. The maximum absolute atomic E-state index is 11.7. The number of carbonyl (C=O) groups is 3. The number of nitrogens with zero attached hydrogens (tertiary/aromatic N) is 1. The minimum absolute atomic E-state index is 0.0893. The number of allylic oxidation sites excluding steroid dienone is 1. The van der Waals surface area contributed by atoms with Gasteiger partial charge in [0, 0.05) is 31.2 Å². The van der Waals surface area contributed by atoms with Gasteiger partial charge in [-0.05, 0) is 27.2 Å². The summed E-state index contributed by atoms with van der Waals surface area (Å²) in [6.07, 6.45) is 4.36. The first-order valence-corrected chi connectivity index (χ1v) is 10.5. The summed E-state index contributed by atoms with van der Waals surface area (Å²) >= 11 is 0. The van der Waals surface area contributed by atoms with E-state index < -0.39 is 0 Å². The number of carbonyl (C=O) groups excluding carboxylic acids is 3. The Bertz CT molecular complexity index is 541. The third-order valence-corrected chi connectivity index (χ3v) is 3.83. The average molecular weight is 413 g/mol. The third-order valence-electron chi connectivity index (χ3n) is 3.83. The standard InChI is InChI=1S/C18H28N2O5.2C2H6/c1-4-14(2)6-9-24-11-12-25-10-7-19-16(21)5-8-20-17(22)13-15(3)18(20)23;2*1-2/h4,13H,5-12H2,1-3H3,(H,19,21);2*1-2H3/b14-4-;;. The van der Waals surface area contributed by atoms with Crippen molar-refractivity contribution < 1.29 is 23.9 Å². The van der Waals surface area contributed by atoms with Crippen molar-refractivity contribution in [3.8, 4) is 0 Å². The van der Waals surface area contributed by atoms with Crippen molar-refractivity contribution in [1.29, 1.82) is 0 Å². The molecule has 0 bridgehead atoms. The van der Waals surface area contributed by atoms with E-state index >= 15 is 0 Å². The summed E-state index contributed by atoms with van der Waals surface area (Å²) in [6, 6.07) is 0. The Morgan fingerprint density at radius 3 is 2.14 bits per heavy atom. The van der Waals surface area contributed by atoms with Crippen LogP contribution in [0.4, 0.5) is 0 Å². The van der Waals surface area contributed by atoms with Gasteiger partial charge in [0.1, 0.15) is 0 Å². The molecule has 29 heavy (non-hydrogen) atoms. The highest BCUT2D eigenvalue weighted by atomic mass is 16.5. The average Bonchev–Trinajstić information content (AvgIpc) is 2.99. The second-order valence-electron chi connectivity index (χ2n) is 5.83. The molecular formula is C22H40N2O5. The van der Waals surface area contributed by atoms with Crippen LogP contribution in [-0.2, 0) is 23.9 Å². The first-order valence-electron chi connectivity index (χ1n) is 10.5. The fraction of sp³-hybridized carbons (Fsp3) is 0.682. The van der Waals surface area contributed by atoms with Gasteiger partial charge in [-0.3, -0.25) is 19.3 Å². The van der Waals surface area contributed by atoms with E-state index in [1.165, 1.54) is 11.6 Å². The van der Waals surface area contributed by atoms with E-state index in [9.17, 15) is 14.4 Å². The highest BCUT2D eigenvalue weighted by molar-refractivity contribution is 6.15. The molecule has 1 N–H and O–H groups in total. The third kappa shape index (κ3) is 13.8. The summed E-state index contributed by atoms with van der Waals surface area (Å²) in [5, 5.41) is 2.69. The zero-order valence-corrected chi connectivity index (χ0v) is 19.3. The minimum atomic E-state index is -0.358. The maximum atomic E-state index is 11.7. The fourth-order valence-corrected chi connectivity index (χ4v) is 2.11. The second kappa shape index (κ2) is 19.3. The van der Waals surface area contributed by atoms with Crippen LogP contribution in [0.5, 0.6) is 0 Å². The van der Waals surface area contributed by atoms with Crippen molar-refractivity contribution in [1.82, 2.24) is 10.2 Å². The predicted molar refractivity (Wildman–Crippen MR) is 116 cm³/mol. The van der Waals surface area contributed by atoms with E-state index in [-0.39, 0.29) is 30.7 Å². The Morgan fingerprint density at radius 2 is 1.62 bits per heavy atom. The van der Waals surface area contributed by atoms with Gasteiger partial charge in [0.25, 0.3) is 11.8 Å². The largest absolute Gasteiger partial charge is 0.379 e. The van der Waals surface area contributed by atoms with Crippen LogP contribution in [0.1, 0.15) is 61.3 Å². The summed E-state index contributed by atoms with van der Waals surface area (Å²) in [5.74, 6) is -0.902. The van der Waals surface area contributed by atoms with Crippen LogP contribution in [0.15, 0.2) is 23.3 Å². The van der Waals surface area contributed by atoms with Crippen LogP contribution in [-0.4, -0.2) is 62.1 Å². The summed E-state index contributed by atoms with van der Waals surface area (Å²) in [6.45, 7) is 16.2. The lowest BCUT2D eigenvalue weighted by atomic mass is 10.2. The lowest BCUT2D eigenvalue weighted by Crippen LogP contribution is -2.36. The molecule has 1 rings (SSSR count). The first-order chi connectivity index (χ1) is 14.0. The molecule has 7 nitrogen and oxygen atoms in total. The summed E-state index contributed by atoms with van der Waals surface area (Å²) in [4.78, 5) is 36.0. The predicted octanol–water partition coefficient (Wildman–Crippen LogP) is 3.25. The molecule has 0 spiro atoms. The molecule has 0 aliphatic carbocycles. The Kier molecular flexibility index (Phi) is 19.5. The van der Waals surface area contributed by atoms with Crippen molar-refractivity contribution in [3.63, 3.8) is 0 Å². The van der Waals surface area contributed by atoms with Crippen LogP contribution >= 0.6 is 0 Å². The Morgan fingerprint density at radius 1 is 1.03 bits per heavy atom. The van der Waals surface area contributed by atoms with E-state index in [4.69, 9.17) is 9.47 Å². The molecule has 1 aliphatic heterocycles. The fourth-order valence-electron chi connectivity index (χ4n) is 2.11. The molecule has 0 radical (unpaired) electrons. The molecule has 0 fully saturated rings. The molecule has 1 heterocycles. The number of nitrogens with one attached hydrogen (secondary N) is 1. The van der Waals surface area contributed by atoms with Crippen molar-refractivity contribution in [2.45, 2.75) is 61.3 Å². The van der Waals surface area contributed by atoms with E-state index in [1.54, 1.807) is 6.92 Å². The van der Waals surface area contributed by atoms with Gasteiger partial charge < -0.3 is 14.8 Å². The van der Waals surface area contributed by atoms with Crippen molar-refractivity contribution in [2.75, 3.05) is 39.5 Å². The van der Waals surface area contributed by atoms with Crippen LogP contribution in [0.2, 0.25) is 0 Å². The minimum Gasteiger partial charge on any atom is -0.379 e.